The van der Waals surface area contributed by atoms with Crippen molar-refractivity contribution in [1.29, 1.82) is 0 Å². The van der Waals surface area contributed by atoms with Crippen molar-refractivity contribution < 1.29 is 4.74 Å². The van der Waals surface area contributed by atoms with E-state index in [4.69, 9.17) is 4.74 Å². The van der Waals surface area contributed by atoms with Gasteiger partial charge in [-0.25, -0.2) is 0 Å². The van der Waals surface area contributed by atoms with Crippen molar-refractivity contribution in [3.05, 3.63) is 24.3 Å². The Morgan fingerprint density at radius 1 is 1.11 bits per heavy atom. The summed E-state index contributed by atoms with van der Waals surface area (Å²) in [6.45, 7) is 2.39. The summed E-state index contributed by atoms with van der Waals surface area (Å²) in [7, 11) is 3.15. The monoisotopic (exact) mass is 262 g/mol. The van der Waals surface area contributed by atoms with Crippen LogP contribution in [-0.2, 0) is 0 Å². The highest BCUT2D eigenvalue weighted by Crippen LogP contribution is 2.24. The number of hydrogen-bond acceptors (Lipinski definition) is 1. The first kappa shape index (κ1) is 13.6. The highest BCUT2D eigenvalue weighted by atomic mass is 31.1. The Morgan fingerprint density at radius 3 is 2.78 bits per heavy atom. The van der Waals surface area contributed by atoms with Gasteiger partial charge in [0, 0.05) is 5.30 Å². The molecule has 1 saturated carbocycles. The van der Waals surface area contributed by atoms with Crippen LogP contribution in [0.15, 0.2) is 24.3 Å². The lowest BCUT2D eigenvalue weighted by molar-refractivity contribution is 0.418. The van der Waals surface area contributed by atoms with Gasteiger partial charge in [0.25, 0.3) is 0 Å². The van der Waals surface area contributed by atoms with E-state index in [2.05, 4.69) is 25.1 Å². The highest BCUT2D eigenvalue weighted by Gasteiger charge is 2.10. The van der Waals surface area contributed by atoms with Crippen LogP contribution in [0.3, 0.4) is 0 Å². The molecule has 0 radical (unpaired) electrons. The van der Waals surface area contributed by atoms with E-state index in [1.165, 1.54) is 52.0 Å². The van der Waals surface area contributed by atoms with Crippen LogP contribution in [0.2, 0.25) is 0 Å². The van der Waals surface area contributed by atoms with Gasteiger partial charge in [0.15, 0.2) is 0 Å². The van der Waals surface area contributed by atoms with Gasteiger partial charge in [0.05, 0.1) is 7.11 Å². The Morgan fingerprint density at radius 2 is 1.94 bits per heavy atom. The molecule has 1 aliphatic rings. The Bertz CT molecular complexity index is 411. The van der Waals surface area contributed by atoms with Crippen molar-refractivity contribution in [1.82, 2.24) is 0 Å². The van der Waals surface area contributed by atoms with Crippen LogP contribution >= 0.6 is 8.20 Å². The van der Waals surface area contributed by atoms with Gasteiger partial charge in [0.1, 0.15) is 5.75 Å². The summed E-state index contributed by atoms with van der Waals surface area (Å²) in [5, 5.41) is 3.01. The Labute approximate surface area is 112 Å². The lowest BCUT2D eigenvalue weighted by Crippen LogP contribution is -2.08. The van der Waals surface area contributed by atoms with E-state index in [0.29, 0.717) is 0 Å². The van der Waals surface area contributed by atoms with Gasteiger partial charge in [-0.05, 0) is 49.0 Å². The molecule has 0 aromatic heterocycles. The van der Waals surface area contributed by atoms with Gasteiger partial charge in [0.2, 0.25) is 0 Å². The molecule has 0 N–H and O–H groups in total. The molecule has 0 bridgehead atoms. The molecular weight excluding hydrogens is 239 g/mol. The molecule has 0 saturated heterocycles. The molecule has 1 fully saturated rings. The smallest absolute Gasteiger partial charge is 0.130 e. The van der Waals surface area contributed by atoms with E-state index in [9.17, 15) is 0 Å². The SMILES string of the molecule is COc1ccccc1P=C1CCCCC(C)CC1. The van der Waals surface area contributed by atoms with Crippen LogP contribution in [0.5, 0.6) is 5.75 Å². The fraction of sp³-hybridized carbons (Fsp3) is 0.562. The summed E-state index contributed by atoms with van der Waals surface area (Å²) >= 11 is 0. The van der Waals surface area contributed by atoms with Gasteiger partial charge in [-0.2, -0.15) is 0 Å². The van der Waals surface area contributed by atoms with E-state index in [0.717, 1.165) is 11.7 Å². The fourth-order valence-electron chi connectivity index (χ4n) is 2.51. The van der Waals surface area contributed by atoms with Gasteiger partial charge in [-0.15, -0.1) is 0 Å². The Kier molecular flexibility index (Phi) is 5.26. The zero-order valence-corrected chi connectivity index (χ0v) is 12.4. The van der Waals surface area contributed by atoms with E-state index in [-0.39, 0.29) is 0 Å². The number of rotatable bonds is 2. The molecule has 1 aromatic rings. The molecule has 1 atom stereocenters. The van der Waals surface area contributed by atoms with E-state index >= 15 is 0 Å². The lowest BCUT2D eigenvalue weighted by Gasteiger charge is -2.17. The minimum atomic E-state index is 0.896. The van der Waals surface area contributed by atoms with Crippen molar-refractivity contribution in [2.75, 3.05) is 7.11 Å². The average molecular weight is 262 g/mol. The van der Waals surface area contributed by atoms with Crippen molar-refractivity contribution in [2.24, 2.45) is 5.92 Å². The van der Waals surface area contributed by atoms with E-state index in [1.807, 2.05) is 6.07 Å². The summed E-state index contributed by atoms with van der Waals surface area (Å²) in [4.78, 5) is 0. The third-order valence-corrected chi connectivity index (χ3v) is 5.08. The molecule has 98 valence electrons. The molecule has 0 amide bonds. The van der Waals surface area contributed by atoms with Crippen molar-refractivity contribution >= 4 is 18.8 Å². The van der Waals surface area contributed by atoms with Gasteiger partial charge in [-0.3, -0.25) is 0 Å². The quantitative estimate of drug-likeness (QED) is 0.716. The molecule has 0 heterocycles. The minimum Gasteiger partial charge on any atom is -0.496 e. The maximum Gasteiger partial charge on any atom is 0.130 e. The number of hydrogen-bond donors (Lipinski definition) is 0. The summed E-state index contributed by atoms with van der Waals surface area (Å²) in [6.07, 6.45) is 8.12. The molecule has 2 heteroatoms. The second-order valence-electron chi connectivity index (χ2n) is 5.24. The van der Waals surface area contributed by atoms with Crippen molar-refractivity contribution in [2.45, 2.75) is 45.4 Å². The third-order valence-electron chi connectivity index (χ3n) is 3.70. The highest BCUT2D eigenvalue weighted by molar-refractivity contribution is 7.49. The van der Waals surface area contributed by atoms with Crippen LogP contribution in [0.25, 0.3) is 0 Å². The Balaban J connectivity index is 2.14. The molecule has 1 aliphatic carbocycles. The van der Waals surface area contributed by atoms with Gasteiger partial charge >= 0.3 is 0 Å². The summed E-state index contributed by atoms with van der Waals surface area (Å²) in [6, 6.07) is 8.41. The maximum atomic E-state index is 5.44. The van der Waals surface area contributed by atoms with Crippen LogP contribution < -0.4 is 10.0 Å². The third kappa shape index (κ3) is 3.85. The first-order valence-electron chi connectivity index (χ1n) is 6.99. The minimum absolute atomic E-state index is 0.896. The Hall–Kier alpha value is -0.810. The second-order valence-corrected chi connectivity index (χ2v) is 6.58. The predicted octanol–water partition coefficient (Wildman–Crippen LogP) is 4.43. The second kappa shape index (κ2) is 6.95. The molecule has 0 aliphatic heterocycles. The fourth-order valence-corrected chi connectivity index (χ4v) is 3.80. The number of methoxy groups -OCH3 is 1. The number of ether oxygens (including phenoxy) is 1. The van der Waals surface area contributed by atoms with Gasteiger partial charge in [-0.1, -0.05) is 40.1 Å². The normalized spacial score (nSPS) is 23.4. The summed E-state index contributed by atoms with van der Waals surface area (Å²) in [5.41, 5.74) is 0. The molecular formula is C16H23OP. The van der Waals surface area contributed by atoms with Crippen LogP contribution in [0, 0.1) is 5.92 Å². The maximum absolute atomic E-state index is 5.44. The first-order chi connectivity index (χ1) is 8.79. The summed E-state index contributed by atoms with van der Waals surface area (Å²) in [5.74, 6) is 1.93. The zero-order valence-electron chi connectivity index (χ0n) is 11.5. The van der Waals surface area contributed by atoms with Crippen LogP contribution in [-0.4, -0.2) is 12.4 Å². The predicted molar refractivity (Wildman–Crippen MR) is 81.4 cm³/mol. The topological polar surface area (TPSA) is 9.23 Å². The van der Waals surface area contributed by atoms with Gasteiger partial charge < -0.3 is 4.74 Å². The van der Waals surface area contributed by atoms with E-state index < -0.39 is 0 Å². The first-order valence-corrected chi connectivity index (χ1v) is 7.88. The molecule has 1 nitrogen and oxygen atoms in total. The van der Waals surface area contributed by atoms with E-state index in [1.54, 1.807) is 12.4 Å². The van der Waals surface area contributed by atoms with Crippen molar-refractivity contribution in [3.63, 3.8) is 0 Å². The average Bonchev–Trinajstić information content (AvgIpc) is 2.38. The standard InChI is InChI=1S/C16H23OP/c1-13-7-3-4-8-14(12-11-13)18-16-10-6-5-9-15(16)17-2/h5-6,9-10,13H,3-4,7-8,11-12H2,1-2H3. The van der Waals surface area contributed by atoms with Crippen molar-refractivity contribution in [3.8, 4) is 5.75 Å². The number of benzene rings is 1. The largest absolute Gasteiger partial charge is 0.496 e. The molecule has 18 heavy (non-hydrogen) atoms. The molecule has 1 aromatic carbocycles. The van der Waals surface area contributed by atoms with Crippen LogP contribution in [0.4, 0.5) is 0 Å². The number of para-hydroxylation sites is 1. The lowest BCUT2D eigenvalue weighted by atomic mass is 9.93. The zero-order chi connectivity index (χ0) is 12.8. The molecule has 2 rings (SSSR count). The molecule has 0 spiro atoms. The summed E-state index contributed by atoms with van der Waals surface area (Å²) < 4.78 is 5.44. The van der Waals surface area contributed by atoms with Crippen LogP contribution in [0.1, 0.15) is 45.4 Å². The molecule has 1 unspecified atom stereocenters.